The minimum Gasteiger partial charge on any atom is -0.449 e. The van der Waals surface area contributed by atoms with Crippen LogP contribution in [0, 0.1) is 0 Å². The fraction of sp³-hybridized carbons (Fsp3) is 0.174. The number of rotatable bonds is 9. The lowest BCUT2D eigenvalue weighted by molar-refractivity contribution is -0.150. The molecule has 1 atom stereocenters. The molecule has 3 rings (SSSR count). The second-order valence-corrected chi connectivity index (χ2v) is 7.49. The SMILES string of the molecule is C=CCNC(=O)[C@H](C)OC(=O)/C=C/c1cn(Cc2ccccc2)nc1-c1cccs1. The molecule has 1 aromatic carbocycles. The Morgan fingerprint density at radius 3 is 2.77 bits per heavy atom. The monoisotopic (exact) mass is 421 g/mol. The lowest BCUT2D eigenvalue weighted by atomic mass is 10.2. The van der Waals surface area contributed by atoms with E-state index in [1.807, 2.05) is 58.7 Å². The van der Waals surface area contributed by atoms with Gasteiger partial charge in [-0.1, -0.05) is 42.5 Å². The van der Waals surface area contributed by atoms with E-state index in [1.54, 1.807) is 23.5 Å². The van der Waals surface area contributed by atoms with Crippen molar-refractivity contribution in [1.82, 2.24) is 15.1 Å². The van der Waals surface area contributed by atoms with Crippen molar-refractivity contribution in [3.05, 3.63) is 83.9 Å². The van der Waals surface area contributed by atoms with Crippen LogP contribution in [-0.4, -0.2) is 34.3 Å². The minimum atomic E-state index is -0.889. The summed E-state index contributed by atoms with van der Waals surface area (Å²) in [5.74, 6) is -0.962. The highest BCUT2D eigenvalue weighted by molar-refractivity contribution is 7.13. The number of hydrogen-bond acceptors (Lipinski definition) is 5. The largest absolute Gasteiger partial charge is 0.449 e. The number of esters is 1. The standard InChI is InChI=1S/C23H23N3O3S/c1-3-13-24-23(28)17(2)29-21(27)12-11-19-16-26(15-18-8-5-4-6-9-18)25-22(19)20-10-7-14-30-20/h3-12,14,16-17H,1,13,15H2,2H3,(H,24,28)/b12-11+/t17-/m0/s1. The van der Waals surface area contributed by atoms with Crippen molar-refractivity contribution in [1.29, 1.82) is 0 Å². The van der Waals surface area contributed by atoms with Gasteiger partial charge in [0, 0.05) is 24.4 Å². The fourth-order valence-electron chi connectivity index (χ4n) is 2.76. The Morgan fingerprint density at radius 2 is 2.07 bits per heavy atom. The van der Waals surface area contributed by atoms with Gasteiger partial charge in [-0.05, 0) is 30.0 Å². The average molecular weight is 422 g/mol. The summed E-state index contributed by atoms with van der Waals surface area (Å²) >= 11 is 1.58. The second-order valence-electron chi connectivity index (χ2n) is 6.54. The van der Waals surface area contributed by atoms with Crippen molar-refractivity contribution < 1.29 is 14.3 Å². The van der Waals surface area contributed by atoms with Gasteiger partial charge in [0.05, 0.1) is 11.4 Å². The van der Waals surface area contributed by atoms with Crippen LogP contribution in [0.4, 0.5) is 0 Å². The van der Waals surface area contributed by atoms with Crippen molar-refractivity contribution >= 4 is 29.3 Å². The molecule has 0 aliphatic carbocycles. The van der Waals surface area contributed by atoms with Gasteiger partial charge in [-0.15, -0.1) is 17.9 Å². The maximum absolute atomic E-state index is 12.2. The zero-order chi connectivity index (χ0) is 21.3. The maximum atomic E-state index is 12.2. The van der Waals surface area contributed by atoms with Gasteiger partial charge in [0.2, 0.25) is 0 Å². The summed E-state index contributed by atoms with van der Waals surface area (Å²) in [5, 5.41) is 9.28. The lowest BCUT2D eigenvalue weighted by Gasteiger charge is -2.10. The molecule has 0 unspecified atom stereocenters. The Hall–Kier alpha value is -3.45. The molecule has 0 radical (unpaired) electrons. The van der Waals surface area contributed by atoms with Gasteiger partial charge < -0.3 is 10.1 Å². The zero-order valence-corrected chi connectivity index (χ0v) is 17.5. The van der Waals surface area contributed by atoms with Crippen molar-refractivity contribution in [3.63, 3.8) is 0 Å². The molecule has 154 valence electrons. The molecular weight excluding hydrogens is 398 g/mol. The minimum absolute atomic E-state index is 0.321. The molecule has 6 nitrogen and oxygen atoms in total. The molecule has 0 saturated carbocycles. The van der Waals surface area contributed by atoms with Gasteiger partial charge >= 0.3 is 5.97 Å². The number of hydrogen-bond donors (Lipinski definition) is 1. The van der Waals surface area contributed by atoms with E-state index in [-0.39, 0.29) is 5.91 Å². The number of carbonyl (C=O) groups excluding carboxylic acids is 2. The summed E-state index contributed by atoms with van der Waals surface area (Å²) in [5.41, 5.74) is 2.72. The van der Waals surface area contributed by atoms with Crippen LogP contribution < -0.4 is 5.32 Å². The highest BCUT2D eigenvalue weighted by Crippen LogP contribution is 2.27. The Balaban J connectivity index is 1.74. The van der Waals surface area contributed by atoms with Crippen molar-refractivity contribution in [2.45, 2.75) is 19.6 Å². The number of aromatic nitrogens is 2. The van der Waals surface area contributed by atoms with E-state index in [0.29, 0.717) is 13.1 Å². The number of thiophene rings is 1. The van der Waals surface area contributed by atoms with Gasteiger partial charge in [0.25, 0.3) is 5.91 Å². The number of nitrogens with one attached hydrogen (secondary N) is 1. The van der Waals surface area contributed by atoms with Crippen LogP contribution in [-0.2, 0) is 20.9 Å². The molecule has 0 fully saturated rings. The topological polar surface area (TPSA) is 73.2 Å². The van der Waals surface area contributed by atoms with E-state index < -0.39 is 12.1 Å². The normalized spacial score (nSPS) is 11.9. The summed E-state index contributed by atoms with van der Waals surface area (Å²) in [7, 11) is 0. The number of ether oxygens (including phenoxy) is 1. The molecule has 0 bridgehead atoms. The molecule has 2 aromatic heterocycles. The zero-order valence-electron chi connectivity index (χ0n) is 16.7. The van der Waals surface area contributed by atoms with Gasteiger partial charge in [0.1, 0.15) is 5.69 Å². The first-order valence-corrected chi connectivity index (χ1v) is 10.4. The molecule has 2 heterocycles. The van der Waals surface area contributed by atoms with E-state index >= 15 is 0 Å². The van der Waals surface area contributed by atoms with Crippen LogP contribution in [0.15, 0.2) is 72.8 Å². The molecule has 0 aliphatic rings. The summed E-state index contributed by atoms with van der Waals surface area (Å²) in [6.45, 7) is 6.00. The predicted molar refractivity (Wildman–Crippen MR) is 119 cm³/mol. The molecule has 1 amide bonds. The first-order valence-electron chi connectivity index (χ1n) is 9.49. The third-order valence-electron chi connectivity index (χ3n) is 4.21. The van der Waals surface area contributed by atoms with Crippen molar-refractivity contribution in [2.24, 2.45) is 0 Å². The van der Waals surface area contributed by atoms with E-state index in [4.69, 9.17) is 9.84 Å². The third kappa shape index (κ3) is 5.78. The highest BCUT2D eigenvalue weighted by Gasteiger charge is 2.16. The molecule has 7 heteroatoms. The molecule has 0 spiro atoms. The Kier molecular flexibility index (Phi) is 7.34. The van der Waals surface area contributed by atoms with E-state index in [2.05, 4.69) is 11.9 Å². The lowest BCUT2D eigenvalue weighted by Crippen LogP contribution is -2.35. The smallest absolute Gasteiger partial charge is 0.331 e. The Morgan fingerprint density at radius 1 is 1.27 bits per heavy atom. The Bertz CT molecular complexity index is 1020. The van der Waals surface area contributed by atoms with Crippen LogP contribution in [0.3, 0.4) is 0 Å². The van der Waals surface area contributed by atoms with Gasteiger partial charge in [-0.2, -0.15) is 5.10 Å². The fourth-order valence-corrected chi connectivity index (χ4v) is 3.49. The van der Waals surface area contributed by atoms with Crippen LogP contribution in [0.1, 0.15) is 18.1 Å². The van der Waals surface area contributed by atoms with E-state index in [1.165, 1.54) is 13.0 Å². The summed E-state index contributed by atoms with van der Waals surface area (Å²) < 4.78 is 7.02. The van der Waals surface area contributed by atoms with Gasteiger partial charge in [-0.25, -0.2) is 4.79 Å². The van der Waals surface area contributed by atoms with Crippen LogP contribution in [0.5, 0.6) is 0 Å². The van der Waals surface area contributed by atoms with Crippen LogP contribution in [0.2, 0.25) is 0 Å². The van der Waals surface area contributed by atoms with Gasteiger partial charge in [0.15, 0.2) is 6.10 Å². The summed E-state index contributed by atoms with van der Waals surface area (Å²) in [4.78, 5) is 25.0. The summed E-state index contributed by atoms with van der Waals surface area (Å²) in [6.07, 6.45) is 5.55. The number of benzene rings is 1. The van der Waals surface area contributed by atoms with Crippen LogP contribution >= 0.6 is 11.3 Å². The highest BCUT2D eigenvalue weighted by atomic mass is 32.1. The molecule has 0 saturated heterocycles. The van der Waals surface area contributed by atoms with E-state index in [9.17, 15) is 9.59 Å². The first kappa shape index (κ1) is 21.3. The first-order chi connectivity index (χ1) is 14.6. The maximum Gasteiger partial charge on any atom is 0.331 e. The molecular formula is C23H23N3O3S. The number of carbonyl (C=O) groups is 2. The molecule has 1 N–H and O–H groups in total. The molecule has 3 aromatic rings. The average Bonchev–Trinajstić information content (AvgIpc) is 3.41. The molecule has 0 aliphatic heterocycles. The van der Waals surface area contributed by atoms with Crippen LogP contribution in [0.25, 0.3) is 16.6 Å². The Labute approximate surface area is 179 Å². The van der Waals surface area contributed by atoms with Crippen molar-refractivity contribution in [2.75, 3.05) is 6.54 Å². The van der Waals surface area contributed by atoms with Crippen molar-refractivity contribution in [3.8, 4) is 10.6 Å². The quantitative estimate of drug-likeness (QED) is 0.323. The summed E-state index contributed by atoms with van der Waals surface area (Å²) in [6, 6.07) is 14.0. The third-order valence-corrected chi connectivity index (χ3v) is 5.09. The van der Waals surface area contributed by atoms with E-state index in [0.717, 1.165) is 21.7 Å². The predicted octanol–water partition coefficient (Wildman–Crippen LogP) is 3.91. The second kappa shape index (κ2) is 10.4. The molecule has 30 heavy (non-hydrogen) atoms. The number of amides is 1. The van der Waals surface area contributed by atoms with Gasteiger partial charge in [-0.3, -0.25) is 9.48 Å². The number of nitrogens with zero attached hydrogens (tertiary/aromatic N) is 2.